The summed E-state index contributed by atoms with van der Waals surface area (Å²) in [5, 5.41) is -0.153. The van der Waals surface area contributed by atoms with E-state index in [2.05, 4.69) is 17.4 Å². The fourth-order valence-corrected chi connectivity index (χ4v) is 1.08. The monoisotopic (exact) mass is 221 g/mol. The van der Waals surface area contributed by atoms with Gasteiger partial charge in [-0.05, 0) is 12.1 Å². The Kier molecular flexibility index (Phi) is 3.06. The first-order valence-electron chi connectivity index (χ1n) is 3.51. The molecule has 0 spiro atoms. The van der Waals surface area contributed by atoms with Crippen molar-refractivity contribution in [3.8, 4) is 5.75 Å². The van der Waals surface area contributed by atoms with E-state index >= 15 is 0 Å². The molecule has 1 radical (unpaired) electrons. The van der Waals surface area contributed by atoms with Crippen LogP contribution >= 0.6 is 11.6 Å². The lowest BCUT2D eigenvalue weighted by Gasteiger charge is -2.10. The number of hydrogen-bond acceptors (Lipinski definition) is 1. The summed E-state index contributed by atoms with van der Waals surface area (Å²) in [5.74, 6) is -0.451. The maximum Gasteiger partial charge on any atom is 0.573 e. The number of halogens is 4. The van der Waals surface area contributed by atoms with Gasteiger partial charge in [-0.2, -0.15) is 0 Å². The van der Waals surface area contributed by atoms with Gasteiger partial charge in [0.05, 0.1) is 5.02 Å². The Balaban J connectivity index is 3.04. The Labute approximate surface area is 83.8 Å². The molecule has 0 amide bonds. The van der Waals surface area contributed by atoms with Gasteiger partial charge >= 0.3 is 6.36 Å². The highest BCUT2D eigenvalue weighted by Crippen LogP contribution is 2.32. The number of rotatable bonds is 2. The van der Waals surface area contributed by atoms with Crippen LogP contribution in [0.15, 0.2) is 24.8 Å². The summed E-state index contributed by atoms with van der Waals surface area (Å²) in [4.78, 5) is 0. The van der Waals surface area contributed by atoms with E-state index in [-0.39, 0.29) is 10.6 Å². The molecule has 0 saturated heterocycles. The topological polar surface area (TPSA) is 9.23 Å². The van der Waals surface area contributed by atoms with Crippen molar-refractivity contribution in [3.05, 3.63) is 41.4 Å². The van der Waals surface area contributed by atoms with Crippen LogP contribution in [0.25, 0.3) is 0 Å². The summed E-state index contributed by atoms with van der Waals surface area (Å²) < 4.78 is 39.2. The third-order valence-corrected chi connectivity index (χ3v) is 1.77. The molecule has 1 aromatic rings. The van der Waals surface area contributed by atoms with Crippen LogP contribution in [0, 0.1) is 6.08 Å². The third-order valence-electron chi connectivity index (χ3n) is 1.38. The highest BCUT2D eigenvalue weighted by atomic mass is 35.5. The van der Waals surface area contributed by atoms with Crippen molar-refractivity contribution >= 4 is 11.6 Å². The molecule has 14 heavy (non-hydrogen) atoms. The number of benzene rings is 1. The van der Waals surface area contributed by atoms with Crippen molar-refractivity contribution in [2.75, 3.05) is 0 Å². The minimum Gasteiger partial charge on any atom is -0.404 e. The van der Waals surface area contributed by atoms with E-state index in [0.29, 0.717) is 0 Å². The minimum atomic E-state index is -4.75. The van der Waals surface area contributed by atoms with Gasteiger partial charge in [0.2, 0.25) is 0 Å². The molecule has 0 aliphatic rings. The lowest BCUT2D eigenvalue weighted by Crippen LogP contribution is -2.17. The quantitative estimate of drug-likeness (QED) is 0.742. The van der Waals surface area contributed by atoms with E-state index in [1.54, 1.807) is 0 Å². The molecule has 0 aromatic heterocycles. The largest absolute Gasteiger partial charge is 0.573 e. The average Bonchev–Trinajstić information content (AvgIpc) is 2.06. The Bertz CT molecular complexity index is 346. The second-order valence-electron chi connectivity index (χ2n) is 2.34. The Morgan fingerprint density at radius 2 is 2.00 bits per heavy atom. The molecular weight excluding hydrogens is 217 g/mol. The van der Waals surface area contributed by atoms with Gasteiger partial charge in [0.15, 0.2) is 0 Å². The standard InChI is InChI=1S/C9H5ClF3O/c1-2-6-4-3-5-7(8(6)10)14-9(11,12)13/h3-5H,1H2. The van der Waals surface area contributed by atoms with Crippen molar-refractivity contribution in [3.63, 3.8) is 0 Å². The molecule has 1 nitrogen and oxygen atoms in total. The zero-order valence-electron chi connectivity index (χ0n) is 6.86. The van der Waals surface area contributed by atoms with Crippen molar-refractivity contribution in [2.45, 2.75) is 6.36 Å². The maximum atomic E-state index is 11.8. The second kappa shape index (κ2) is 3.92. The molecule has 0 aliphatic heterocycles. The van der Waals surface area contributed by atoms with Gasteiger partial charge < -0.3 is 4.74 Å². The highest BCUT2D eigenvalue weighted by Gasteiger charge is 2.32. The lowest BCUT2D eigenvalue weighted by atomic mass is 10.2. The third kappa shape index (κ3) is 2.67. The normalized spacial score (nSPS) is 11.1. The van der Waals surface area contributed by atoms with Crippen LogP contribution < -0.4 is 4.74 Å². The molecule has 0 unspecified atom stereocenters. The minimum absolute atomic E-state index is 0.153. The molecule has 0 bridgehead atoms. The van der Waals surface area contributed by atoms with Crippen molar-refractivity contribution < 1.29 is 17.9 Å². The SMILES string of the molecule is C=[C]c1cccc(OC(F)(F)F)c1Cl. The maximum absolute atomic E-state index is 11.8. The van der Waals surface area contributed by atoms with E-state index in [4.69, 9.17) is 11.6 Å². The number of ether oxygens (including phenoxy) is 1. The summed E-state index contributed by atoms with van der Waals surface area (Å²) in [6.45, 7) is 3.28. The van der Waals surface area contributed by atoms with E-state index in [1.165, 1.54) is 12.1 Å². The van der Waals surface area contributed by atoms with Crippen molar-refractivity contribution in [2.24, 2.45) is 0 Å². The molecule has 75 valence electrons. The van der Waals surface area contributed by atoms with Gasteiger partial charge in [0.1, 0.15) is 5.75 Å². The van der Waals surface area contributed by atoms with Gasteiger partial charge in [-0.1, -0.05) is 30.3 Å². The summed E-state index contributed by atoms with van der Waals surface area (Å²) in [5.41, 5.74) is 0.272. The van der Waals surface area contributed by atoms with E-state index in [9.17, 15) is 13.2 Å². The molecule has 0 saturated carbocycles. The summed E-state index contributed by atoms with van der Waals surface area (Å²) >= 11 is 5.59. The molecular formula is C9H5ClF3O. The molecule has 0 aliphatic carbocycles. The van der Waals surface area contributed by atoms with E-state index in [1.807, 2.05) is 0 Å². The predicted octanol–water partition coefficient (Wildman–Crippen LogP) is 3.58. The number of hydrogen-bond donors (Lipinski definition) is 0. The Morgan fingerprint density at radius 3 is 2.50 bits per heavy atom. The lowest BCUT2D eigenvalue weighted by molar-refractivity contribution is -0.274. The Morgan fingerprint density at radius 1 is 1.36 bits per heavy atom. The van der Waals surface area contributed by atoms with E-state index < -0.39 is 12.1 Å². The van der Waals surface area contributed by atoms with Gasteiger partial charge in [0.25, 0.3) is 0 Å². The van der Waals surface area contributed by atoms with Crippen LogP contribution in [0.2, 0.25) is 5.02 Å². The first kappa shape index (κ1) is 10.9. The zero-order valence-corrected chi connectivity index (χ0v) is 7.62. The fourth-order valence-electron chi connectivity index (χ4n) is 0.851. The smallest absolute Gasteiger partial charge is 0.404 e. The highest BCUT2D eigenvalue weighted by molar-refractivity contribution is 6.33. The fraction of sp³-hybridized carbons (Fsp3) is 0.111. The van der Waals surface area contributed by atoms with Crippen LogP contribution in [-0.2, 0) is 0 Å². The van der Waals surface area contributed by atoms with E-state index in [0.717, 1.165) is 6.07 Å². The average molecular weight is 222 g/mol. The van der Waals surface area contributed by atoms with Gasteiger partial charge in [-0.15, -0.1) is 13.2 Å². The first-order chi connectivity index (χ1) is 6.44. The van der Waals surface area contributed by atoms with Crippen molar-refractivity contribution in [1.29, 1.82) is 0 Å². The summed E-state index contributed by atoms with van der Waals surface area (Å²) in [6, 6.07) is 3.98. The summed E-state index contributed by atoms with van der Waals surface area (Å²) in [6.07, 6.45) is -2.35. The zero-order chi connectivity index (χ0) is 10.8. The molecule has 0 atom stereocenters. The van der Waals surface area contributed by atoms with Crippen LogP contribution in [0.4, 0.5) is 13.2 Å². The van der Waals surface area contributed by atoms with Gasteiger partial charge in [0, 0.05) is 5.56 Å². The van der Waals surface area contributed by atoms with Gasteiger partial charge in [-0.25, -0.2) is 0 Å². The molecule has 0 heterocycles. The van der Waals surface area contributed by atoms with Crippen LogP contribution in [0.5, 0.6) is 5.75 Å². The molecule has 0 fully saturated rings. The molecule has 5 heteroatoms. The van der Waals surface area contributed by atoms with Crippen LogP contribution in [0.3, 0.4) is 0 Å². The first-order valence-corrected chi connectivity index (χ1v) is 3.89. The van der Waals surface area contributed by atoms with Gasteiger partial charge in [-0.3, -0.25) is 0 Å². The molecule has 1 aromatic carbocycles. The Hall–Kier alpha value is -1.16. The van der Waals surface area contributed by atoms with Crippen molar-refractivity contribution in [1.82, 2.24) is 0 Å². The number of alkyl halides is 3. The predicted molar refractivity (Wildman–Crippen MR) is 46.1 cm³/mol. The molecule has 1 rings (SSSR count). The van der Waals surface area contributed by atoms with Crippen LogP contribution in [-0.4, -0.2) is 6.36 Å². The second-order valence-corrected chi connectivity index (χ2v) is 2.72. The van der Waals surface area contributed by atoms with Crippen LogP contribution in [0.1, 0.15) is 5.56 Å². The summed E-state index contributed by atoms with van der Waals surface area (Å²) in [7, 11) is 0. The molecule has 0 N–H and O–H groups in total.